The molecule has 4 heterocycles. The van der Waals surface area contributed by atoms with Crippen molar-refractivity contribution in [2.24, 2.45) is 0 Å². The number of piperazine rings is 1. The number of allylic oxidation sites excluding steroid dienone is 1. The summed E-state index contributed by atoms with van der Waals surface area (Å²) < 4.78 is 79.0. The van der Waals surface area contributed by atoms with Gasteiger partial charge in [0.15, 0.2) is 0 Å². The topological polar surface area (TPSA) is 119 Å². The Balaban J connectivity index is 1.46. The van der Waals surface area contributed by atoms with Gasteiger partial charge in [-0.1, -0.05) is 32.3 Å². The van der Waals surface area contributed by atoms with E-state index in [-0.39, 0.29) is 35.3 Å². The number of halogens is 3. The van der Waals surface area contributed by atoms with Crippen LogP contribution < -0.4 is 9.46 Å². The van der Waals surface area contributed by atoms with Gasteiger partial charge in [0.2, 0.25) is 10.0 Å². The molecule has 0 spiro atoms. The summed E-state index contributed by atoms with van der Waals surface area (Å²) in [4.78, 5) is 31.9. The number of benzene rings is 2. The lowest BCUT2D eigenvalue weighted by atomic mass is 9.81. The van der Waals surface area contributed by atoms with E-state index in [0.717, 1.165) is 65.5 Å². The van der Waals surface area contributed by atoms with Gasteiger partial charge in [-0.3, -0.25) is 19.2 Å². The first-order chi connectivity index (χ1) is 26.6. The SMILES string of the molecule is CCN1CCN(C(=O)c2cnn(CC(F)(F)F)c2C2=Cc3cc(OC)ccc3-c3c(C4CCCCC4)c4ccc(C(=O)NS(=O)(=O)C(C)C)cc4n3C2)[C@@H](C)C1. The molecule has 0 bridgehead atoms. The molecule has 1 atom stereocenters. The van der Waals surface area contributed by atoms with E-state index in [1.54, 1.807) is 24.1 Å². The van der Waals surface area contributed by atoms with Gasteiger partial charge in [0.1, 0.15) is 12.3 Å². The van der Waals surface area contributed by atoms with Crippen molar-refractivity contribution >= 4 is 44.4 Å². The minimum atomic E-state index is -4.63. The van der Waals surface area contributed by atoms with Crippen LogP contribution in [0.4, 0.5) is 13.2 Å². The second-order valence-corrected chi connectivity index (χ2v) is 17.7. The molecule has 4 aromatic rings. The molecule has 11 nitrogen and oxygen atoms in total. The predicted octanol–water partition coefficient (Wildman–Crippen LogP) is 7.31. The number of aromatic nitrogens is 3. The molecule has 1 saturated heterocycles. The largest absolute Gasteiger partial charge is 0.497 e. The molecule has 56 heavy (non-hydrogen) atoms. The number of nitrogens with zero attached hydrogens (tertiary/aromatic N) is 5. The molecule has 7 rings (SSSR count). The molecule has 300 valence electrons. The van der Waals surface area contributed by atoms with Gasteiger partial charge in [0.05, 0.1) is 42.1 Å². The summed E-state index contributed by atoms with van der Waals surface area (Å²) >= 11 is 0. The lowest BCUT2D eigenvalue weighted by Crippen LogP contribution is -2.53. The molecule has 0 unspecified atom stereocenters. The van der Waals surface area contributed by atoms with Crippen molar-refractivity contribution in [2.45, 2.75) is 96.3 Å². The Morgan fingerprint density at radius 2 is 1.79 bits per heavy atom. The molecule has 2 fully saturated rings. The van der Waals surface area contributed by atoms with Crippen LogP contribution >= 0.6 is 0 Å². The molecular formula is C41H49F3N6O5S. The Morgan fingerprint density at radius 1 is 1.04 bits per heavy atom. The molecule has 3 aliphatic rings. The minimum absolute atomic E-state index is 0.0356. The number of carbonyl (C=O) groups is 2. The Morgan fingerprint density at radius 3 is 2.45 bits per heavy atom. The molecular weight excluding hydrogens is 746 g/mol. The van der Waals surface area contributed by atoms with Gasteiger partial charge in [-0.05, 0) is 99.2 Å². The van der Waals surface area contributed by atoms with Gasteiger partial charge in [0.25, 0.3) is 11.8 Å². The molecule has 2 aromatic heterocycles. The quantitative estimate of drug-likeness (QED) is 0.189. The van der Waals surface area contributed by atoms with E-state index in [0.29, 0.717) is 42.0 Å². The first kappa shape index (κ1) is 39.6. The summed E-state index contributed by atoms with van der Waals surface area (Å²) in [6.07, 6.45) is 3.51. The molecule has 1 aliphatic carbocycles. The average Bonchev–Trinajstić information content (AvgIpc) is 3.66. The van der Waals surface area contributed by atoms with Gasteiger partial charge >= 0.3 is 6.18 Å². The van der Waals surface area contributed by atoms with E-state index in [1.165, 1.54) is 20.0 Å². The van der Waals surface area contributed by atoms with Crippen molar-refractivity contribution < 1.29 is 35.9 Å². The number of nitrogens with one attached hydrogen (secondary N) is 1. The number of ether oxygens (including phenoxy) is 1. The van der Waals surface area contributed by atoms with Gasteiger partial charge in [0, 0.05) is 47.7 Å². The van der Waals surface area contributed by atoms with Crippen LogP contribution in [0.1, 0.15) is 103 Å². The summed E-state index contributed by atoms with van der Waals surface area (Å²) in [7, 11) is -2.39. The van der Waals surface area contributed by atoms with Crippen LogP contribution in [-0.2, 0) is 23.1 Å². The Hall–Kier alpha value is -4.63. The standard InChI is InChI=1S/C41H49F3N6O5S/c1-6-47-16-17-48(26(4)22-47)40(52)34-21-45-50(24-41(42,43)44)37(34)30-18-29-19-31(55-5)13-15-32(29)38-36(27-10-8-7-9-11-27)33-14-12-28(20-35(33)49(38)23-30)39(51)46-56(53,54)25(2)3/h12-15,18-21,25-27H,6-11,16-17,22-24H2,1-5H3,(H,46,51)/t26-/m0/s1. The normalized spacial score (nSPS) is 18.4. The van der Waals surface area contributed by atoms with Gasteiger partial charge in [-0.2, -0.15) is 18.3 Å². The van der Waals surface area contributed by atoms with Crippen molar-refractivity contribution in [3.8, 4) is 17.0 Å². The molecule has 2 amide bonds. The number of hydrogen-bond acceptors (Lipinski definition) is 7. The van der Waals surface area contributed by atoms with Crippen LogP contribution in [0.15, 0.2) is 42.6 Å². The smallest absolute Gasteiger partial charge is 0.408 e. The van der Waals surface area contributed by atoms with E-state index in [2.05, 4.69) is 21.6 Å². The fraction of sp³-hybridized carbons (Fsp3) is 0.488. The number of hydrogen-bond donors (Lipinski definition) is 1. The van der Waals surface area contributed by atoms with Crippen LogP contribution in [0.2, 0.25) is 0 Å². The van der Waals surface area contributed by atoms with Gasteiger partial charge in [-0.25, -0.2) is 13.1 Å². The highest BCUT2D eigenvalue weighted by atomic mass is 32.2. The third-order valence-corrected chi connectivity index (χ3v) is 13.2. The summed E-state index contributed by atoms with van der Waals surface area (Å²) in [6.45, 7) is 8.12. The van der Waals surface area contributed by atoms with Crippen LogP contribution in [0.5, 0.6) is 5.75 Å². The third kappa shape index (κ3) is 7.59. The van der Waals surface area contributed by atoms with Crippen LogP contribution in [-0.4, -0.2) is 95.1 Å². The monoisotopic (exact) mass is 794 g/mol. The van der Waals surface area contributed by atoms with Crippen molar-refractivity contribution in [1.82, 2.24) is 28.9 Å². The number of amides is 2. The Labute approximate surface area is 325 Å². The second kappa shape index (κ2) is 15.4. The molecule has 2 aromatic carbocycles. The van der Waals surface area contributed by atoms with Crippen molar-refractivity contribution in [1.29, 1.82) is 0 Å². The lowest BCUT2D eigenvalue weighted by Gasteiger charge is -2.39. The van der Waals surface area contributed by atoms with Gasteiger partial charge < -0.3 is 14.2 Å². The third-order valence-electron chi connectivity index (χ3n) is 11.5. The van der Waals surface area contributed by atoms with Crippen LogP contribution in [0.25, 0.3) is 33.8 Å². The zero-order valence-corrected chi connectivity index (χ0v) is 33.3. The molecule has 1 saturated carbocycles. The predicted molar refractivity (Wildman–Crippen MR) is 210 cm³/mol. The highest BCUT2D eigenvalue weighted by Gasteiger charge is 2.37. The lowest BCUT2D eigenvalue weighted by molar-refractivity contribution is -0.142. The highest BCUT2D eigenvalue weighted by Crippen LogP contribution is 2.48. The maximum Gasteiger partial charge on any atom is 0.408 e. The first-order valence-electron chi connectivity index (χ1n) is 19.4. The van der Waals surface area contributed by atoms with Crippen molar-refractivity contribution in [2.75, 3.05) is 33.3 Å². The number of alkyl halides is 3. The zero-order chi connectivity index (χ0) is 40.1. The molecule has 0 radical (unpaired) electrons. The van der Waals surface area contributed by atoms with E-state index >= 15 is 0 Å². The van der Waals surface area contributed by atoms with Gasteiger partial charge in [-0.15, -0.1) is 0 Å². The number of methoxy groups -OCH3 is 1. The fourth-order valence-electron chi connectivity index (χ4n) is 8.58. The maximum absolute atomic E-state index is 14.5. The highest BCUT2D eigenvalue weighted by molar-refractivity contribution is 7.90. The molecule has 2 aliphatic heterocycles. The van der Waals surface area contributed by atoms with E-state index in [1.807, 2.05) is 41.8 Å². The minimum Gasteiger partial charge on any atom is -0.497 e. The first-order valence-corrected chi connectivity index (χ1v) is 20.9. The molecule has 15 heteroatoms. The number of likely N-dealkylation sites (N-methyl/N-ethyl adjacent to an activating group) is 1. The second-order valence-electron chi connectivity index (χ2n) is 15.5. The zero-order valence-electron chi connectivity index (χ0n) is 32.4. The maximum atomic E-state index is 14.5. The van der Waals surface area contributed by atoms with E-state index in [9.17, 15) is 31.2 Å². The summed E-state index contributed by atoms with van der Waals surface area (Å²) in [5.41, 5.74) is 4.78. The summed E-state index contributed by atoms with van der Waals surface area (Å²) in [5.74, 6) is -0.454. The van der Waals surface area contributed by atoms with Crippen LogP contribution in [0, 0.1) is 0 Å². The van der Waals surface area contributed by atoms with E-state index < -0.39 is 39.8 Å². The van der Waals surface area contributed by atoms with Crippen molar-refractivity contribution in [3.05, 3.63) is 70.5 Å². The van der Waals surface area contributed by atoms with Crippen molar-refractivity contribution in [3.63, 3.8) is 0 Å². The average molecular weight is 795 g/mol. The number of rotatable bonds is 9. The fourth-order valence-corrected chi connectivity index (χ4v) is 9.19. The Bertz CT molecular complexity index is 2300. The number of carbonyl (C=O) groups excluding carboxylic acids is 2. The van der Waals surface area contributed by atoms with E-state index in [4.69, 9.17) is 4.74 Å². The number of sulfonamides is 1. The molecule has 1 N–H and O–H groups in total. The number of fused-ring (bicyclic) bond motifs is 5. The Kier molecular flexibility index (Phi) is 10.9. The summed E-state index contributed by atoms with van der Waals surface area (Å²) in [6, 6.07) is 10.6. The summed E-state index contributed by atoms with van der Waals surface area (Å²) in [5, 5.41) is 4.24. The van der Waals surface area contributed by atoms with Crippen LogP contribution in [0.3, 0.4) is 0 Å².